The number of aromatic nitrogens is 4. The number of nitrogens with zero attached hydrogens (tertiary/aromatic N) is 4. The number of anilines is 1. The number of nitrogens with two attached hydrogens (primary N) is 1. The van der Waals surface area contributed by atoms with E-state index in [0.717, 1.165) is 9.13 Å². The monoisotopic (exact) mass is 469 g/mol. The van der Waals surface area contributed by atoms with Crippen LogP contribution in [0, 0.1) is 5.92 Å². The highest BCUT2D eigenvalue weighted by Gasteiger charge is 2.24. The molecule has 0 saturated heterocycles. The highest BCUT2D eigenvalue weighted by Crippen LogP contribution is 2.15. The normalized spacial score (nSPS) is 11.2. The maximum atomic E-state index is 12.8. The molecule has 0 saturated carbocycles. The number of hydrogen-bond donors (Lipinski definition) is 1. The Morgan fingerprint density at radius 1 is 1.09 bits per heavy atom. The average Bonchev–Trinajstić information content (AvgIpc) is 2.81. The van der Waals surface area contributed by atoms with E-state index in [9.17, 15) is 24.0 Å². The molecule has 0 amide bonds. The minimum Gasteiger partial charge on any atom is -0.452 e. The maximum Gasteiger partial charge on any atom is 0.359 e. The van der Waals surface area contributed by atoms with E-state index in [-0.39, 0.29) is 29.5 Å². The first kappa shape index (κ1) is 24.6. The lowest BCUT2D eigenvalue weighted by molar-refractivity contribution is 0.0468. The van der Waals surface area contributed by atoms with Gasteiger partial charge in [0, 0.05) is 25.5 Å². The van der Waals surface area contributed by atoms with E-state index in [2.05, 4.69) is 5.10 Å². The fraction of sp³-hybridized carbons (Fsp3) is 0.391. The zero-order valence-corrected chi connectivity index (χ0v) is 19.5. The minimum atomic E-state index is -0.930. The summed E-state index contributed by atoms with van der Waals surface area (Å²) in [5.74, 6) is -2.03. The van der Waals surface area contributed by atoms with Crippen LogP contribution < -0.4 is 22.5 Å². The Morgan fingerprint density at radius 2 is 1.74 bits per heavy atom. The molecule has 180 valence electrons. The van der Waals surface area contributed by atoms with Crippen molar-refractivity contribution in [1.82, 2.24) is 18.9 Å². The van der Waals surface area contributed by atoms with E-state index >= 15 is 0 Å². The summed E-state index contributed by atoms with van der Waals surface area (Å²) in [4.78, 5) is 63.3. The molecule has 11 heteroatoms. The second-order valence-corrected chi connectivity index (χ2v) is 8.33. The minimum absolute atomic E-state index is 0.0245. The maximum absolute atomic E-state index is 12.8. The van der Waals surface area contributed by atoms with Gasteiger partial charge in [-0.15, -0.1) is 0 Å². The van der Waals surface area contributed by atoms with Crippen molar-refractivity contribution < 1.29 is 14.3 Å². The molecule has 34 heavy (non-hydrogen) atoms. The molecule has 0 atom stereocenters. The van der Waals surface area contributed by atoms with E-state index in [4.69, 9.17) is 10.5 Å². The van der Waals surface area contributed by atoms with Crippen molar-refractivity contribution in [2.24, 2.45) is 13.0 Å². The van der Waals surface area contributed by atoms with Crippen molar-refractivity contribution in [3.63, 3.8) is 0 Å². The standard InChI is InChI=1S/C23H27N5O6/c1-5-10-28-20(30)15-9-7-6-8-14(15)18(25-28)22(32)34-12-16(29)17-19(24)27(11-13(2)3)23(33)26(4)21(17)31/h6-9,13H,5,10-12,24H2,1-4H3. The van der Waals surface area contributed by atoms with Gasteiger partial charge in [-0.1, -0.05) is 39.0 Å². The highest BCUT2D eigenvalue weighted by atomic mass is 16.5. The number of carbonyl (C=O) groups is 2. The van der Waals surface area contributed by atoms with Crippen molar-refractivity contribution in [2.45, 2.75) is 40.3 Å². The van der Waals surface area contributed by atoms with E-state index in [1.165, 1.54) is 11.7 Å². The zero-order chi connectivity index (χ0) is 25.2. The van der Waals surface area contributed by atoms with Gasteiger partial charge in [0.1, 0.15) is 11.4 Å². The first-order valence-corrected chi connectivity index (χ1v) is 10.9. The van der Waals surface area contributed by atoms with Gasteiger partial charge in [0.15, 0.2) is 12.3 Å². The fourth-order valence-electron chi connectivity index (χ4n) is 3.61. The molecule has 2 aromatic heterocycles. The SMILES string of the molecule is CCCn1nc(C(=O)OCC(=O)c2c(N)n(CC(C)C)c(=O)n(C)c2=O)c2ccccc2c1=O. The number of aryl methyl sites for hydroxylation is 1. The quantitative estimate of drug-likeness (QED) is 0.379. The molecular formula is C23H27N5O6. The Morgan fingerprint density at radius 3 is 2.35 bits per heavy atom. The number of esters is 1. The number of Topliss-reactive ketones (excluding diaryl/α,β-unsaturated/α-hetero) is 1. The molecule has 0 aliphatic rings. The molecule has 2 heterocycles. The predicted molar refractivity (Wildman–Crippen MR) is 126 cm³/mol. The molecule has 0 aliphatic heterocycles. The molecular weight excluding hydrogens is 442 g/mol. The molecule has 1 aromatic carbocycles. The number of rotatable bonds is 8. The Bertz CT molecular complexity index is 1450. The van der Waals surface area contributed by atoms with Crippen LogP contribution in [-0.4, -0.2) is 37.3 Å². The largest absolute Gasteiger partial charge is 0.452 e. The molecule has 0 radical (unpaired) electrons. The molecule has 11 nitrogen and oxygen atoms in total. The molecule has 0 aliphatic carbocycles. The van der Waals surface area contributed by atoms with Gasteiger partial charge in [0.2, 0.25) is 5.78 Å². The second kappa shape index (κ2) is 9.86. The first-order chi connectivity index (χ1) is 16.1. The van der Waals surface area contributed by atoms with Gasteiger partial charge >= 0.3 is 11.7 Å². The van der Waals surface area contributed by atoms with Crippen molar-refractivity contribution >= 4 is 28.3 Å². The van der Waals surface area contributed by atoms with Crippen molar-refractivity contribution in [3.8, 4) is 0 Å². The number of carbonyl (C=O) groups excluding carboxylic acids is 2. The van der Waals surface area contributed by atoms with E-state index in [1.54, 1.807) is 24.3 Å². The number of fused-ring (bicyclic) bond motifs is 1. The molecule has 0 fully saturated rings. The van der Waals surface area contributed by atoms with Gasteiger partial charge in [-0.25, -0.2) is 14.3 Å². The van der Waals surface area contributed by atoms with Crippen LogP contribution in [0.3, 0.4) is 0 Å². The smallest absolute Gasteiger partial charge is 0.359 e. The molecule has 0 unspecified atom stereocenters. The lowest BCUT2D eigenvalue weighted by Gasteiger charge is -2.16. The van der Waals surface area contributed by atoms with Crippen molar-refractivity contribution in [2.75, 3.05) is 12.3 Å². The molecule has 3 aromatic rings. The van der Waals surface area contributed by atoms with Gasteiger partial charge < -0.3 is 10.5 Å². The van der Waals surface area contributed by atoms with Crippen LogP contribution >= 0.6 is 0 Å². The number of ether oxygens (including phenoxy) is 1. The second-order valence-electron chi connectivity index (χ2n) is 8.33. The van der Waals surface area contributed by atoms with E-state index in [0.29, 0.717) is 23.7 Å². The summed E-state index contributed by atoms with van der Waals surface area (Å²) in [6.45, 7) is 5.29. The summed E-state index contributed by atoms with van der Waals surface area (Å²) in [6, 6.07) is 6.46. The van der Waals surface area contributed by atoms with Gasteiger partial charge in [0.25, 0.3) is 11.1 Å². The summed E-state index contributed by atoms with van der Waals surface area (Å²) in [5, 5.41) is 4.72. The van der Waals surface area contributed by atoms with E-state index in [1.807, 2.05) is 20.8 Å². The number of nitrogen functional groups attached to an aromatic ring is 1. The third kappa shape index (κ3) is 4.54. The van der Waals surface area contributed by atoms with Gasteiger partial charge in [0.05, 0.1) is 5.39 Å². The zero-order valence-electron chi connectivity index (χ0n) is 19.5. The van der Waals surface area contributed by atoms with Crippen LogP contribution in [0.5, 0.6) is 0 Å². The topological polar surface area (TPSA) is 148 Å². The van der Waals surface area contributed by atoms with Gasteiger partial charge in [-0.3, -0.25) is 23.5 Å². The summed E-state index contributed by atoms with van der Waals surface area (Å²) in [5.41, 5.74) is 3.60. The fourth-order valence-corrected chi connectivity index (χ4v) is 3.61. The van der Waals surface area contributed by atoms with E-state index < -0.39 is 35.2 Å². The van der Waals surface area contributed by atoms with Crippen molar-refractivity contribution in [1.29, 1.82) is 0 Å². The number of hydrogen-bond acceptors (Lipinski definition) is 8. The lowest BCUT2D eigenvalue weighted by Crippen LogP contribution is -2.43. The Labute approximate surface area is 194 Å². The third-order valence-electron chi connectivity index (χ3n) is 5.24. The Kier molecular flexibility index (Phi) is 7.14. The van der Waals surface area contributed by atoms with Crippen LogP contribution in [-0.2, 0) is 24.9 Å². The number of benzene rings is 1. The number of ketones is 1. The van der Waals surface area contributed by atoms with Gasteiger partial charge in [-0.05, 0) is 18.4 Å². The molecule has 0 bridgehead atoms. The summed E-state index contributed by atoms with van der Waals surface area (Å²) < 4.78 is 8.29. The van der Waals surface area contributed by atoms with Crippen LogP contribution in [0.15, 0.2) is 38.6 Å². The van der Waals surface area contributed by atoms with Crippen LogP contribution in [0.4, 0.5) is 5.82 Å². The summed E-state index contributed by atoms with van der Waals surface area (Å²) >= 11 is 0. The van der Waals surface area contributed by atoms with Crippen LogP contribution in [0.1, 0.15) is 48.0 Å². The summed E-state index contributed by atoms with van der Waals surface area (Å²) in [7, 11) is 1.25. The molecule has 2 N–H and O–H groups in total. The first-order valence-electron chi connectivity index (χ1n) is 10.9. The summed E-state index contributed by atoms with van der Waals surface area (Å²) in [6.07, 6.45) is 0.618. The van der Waals surface area contributed by atoms with Gasteiger partial charge in [-0.2, -0.15) is 5.10 Å². The average molecular weight is 469 g/mol. The highest BCUT2D eigenvalue weighted by molar-refractivity contribution is 6.05. The molecule has 0 spiro atoms. The molecule has 3 rings (SSSR count). The third-order valence-corrected chi connectivity index (χ3v) is 5.24. The van der Waals surface area contributed by atoms with Crippen LogP contribution in [0.2, 0.25) is 0 Å². The lowest BCUT2D eigenvalue weighted by atomic mass is 10.1. The predicted octanol–water partition coefficient (Wildman–Crippen LogP) is 0.945. The Balaban J connectivity index is 1.96. The van der Waals surface area contributed by atoms with Crippen LogP contribution in [0.25, 0.3) is 10.8 Å². The van der Waals surface area contributed by atoms with Crippen molar-refractivity contribution in [3.05, 3.63) is 66.7 Å². The Hall–Kier alpha value is -4.02.